The third-order valence-corrected chi connectivity index (χ3v) is 2.69. The number of nitrogens with one attached hydrogen (secondary N) is 2. The molecule has 0 saturated heterocycles. The van der Waals surface area contributed by atoms with Crippen molar-refractivity contribution in [3.8, 4) is 6.07 Å². The minimum absolute atomic E-state index is 0.246. The lowest BCUT2D eigenvalue weighted by Crippen LogP contribution is -2.11. The third kappa shape index (κ3) is 2.34. The monoisotopic (exact) mass is 261 g/mol. The first-order valence-corrected chi connectivity index (χ1v) is 5.47. The maximum absolute atomic E-state index is 11.5. The number of aromatic nitrogens is 1. The van der Waals surface area contributed by atoms with Crippen LogP contribution in [0.15, 0.2) is 29.2 Å². The summed E-state index contributed by atoms with van der Waals surface area (Å²) in [6.07, 6.45) is 1.27. The maximum Gasteiger partial charge on any atom is 0.255 e. The predicted molar refractivity (Wildman–Crippen MR) is 68.4 cm³/mol. The summed E-state index contributed by atoms with van der Waals surface area (Å²) in [7, 11) is 0. The van der Waals surface area contributed by atoms with Gasteiger partial charge in [0.15, 0.2) is 0 Å². The molecular weight excluding hydrogens is 254 g/mol. The quantitative estimate of drug-likeness (QED) is 0.867. The number of pyridine rings is 1. The van der Waals surface area contributed by atoms with Gasteiger partial charge in [-0.3, -0.25) is 9.59 Å². The summed E-state index contributed by atoms with van der Waals surface area (Å²) < 4.78 is 0. The van der Waals surface area contributed by atoms with Gasteiger partial charge in [-0.25, -0.2) is 0 Å². The fraction of sp³-hybridized carbons (Fsp3) is 0.0833. The Balaban J connectivity index is 2.48. The number of carbonyl (C=O) groups is 1. The number of hydrogen-bond donors (Lipinski definition) is 2. The molecule has 0 fully saturated rings. The van der Waals surface area contributed by atoms with Crippen LogP contribution in [0.4, 0.5) is 5.69 Å². The lowest BCUT2D eigenvalue weighted by Gasteiger charge is -2.07. The highest BCUT2D eigenvalue weighted by atomic mass is 35.5. The number of H-pyrrole nitrogens is 1. The normalized spacial score (nSPS) is 10.0. The van der Waals surface area contributed by atoms with Crippen molar-refractivity contribution in [2.45, 2.75) is 6.42 Å². The van der Waals surface area contributed by atoms with E-state index in [1.54, 1.807) is 18.2 Å². The van der Waals surface area contributed by atoms with E-state index >= 15 is 0 Å². The van der Waals surface area contributed by atoms with E-state index in [2.05, 4.69) is 10.3 Å². The van der Waals surface area contributed by atoms with E-state index in [0.717, 1.165) is 0 Å². The SMILES string of the molecule is N#CCC(=O)Nc1cc2cc[nH]c(=O)c2cc1Cl. The van der Waals surface area contributed by atoms with Crippen LogP contribution in [0.1, 0.15) is 6.42 Å². The first-order chi connectivity index (χ1) is 8.61. The molecule has 90 valence electrons. The first-order valence-electron chi connectivity index (χ1n) is 5.09. The summed E-state index contributed by atoms with van der Waals surface area (Å²) in [6, 6.07) is 6.53. The molecule has 1 aromatic carbocycles. The van der Waals surface area contributed by atoms with Gasteiger partial charge in [0.25, 0.3) is 5.56 Å². The van der Waals surface area contributed by atoms with E-state index < -0.39 is 5.91 Å². The molecule has 0 aliphatic heterocycles. The summed E-state index contributed by atoms with van der Waals surface area (Å²) >= 11 is 5.97. The zero-order valence-electron chi connectivity index (χ0n) is 9.16. The molecule has 1 amide bonds. The van der Waals surface area contributed by atoms with Crippen LogP contribution in [-0.2, 0) is 4.79 Å². The fourth-order valence-corrected chi connectivity index (χ4v) is 1.78. The summed E-state index contributed by atoms with van der Waals surface area (Å²) in [5, 5.41) is 12.3. The Morgan fingerprint density at radius 2 is 2.28 bits per heavy atom. The van der Waals surface area contributed by atoms with Gasteiger partial charge in [0.05, 0.1) is 16.8 Å². The molecule has 2 N–H and O–H groups in total. The van der Waals surface area contributed by atoms with Crippen LogP contribution >= 0.6 is 11.6 Å². The molecular formula is C12H8ClN3O2. The van der Waals surface area contributed by atoms with E-state index in [-0.39, 0.29) is 17.0 Å². The van der Waals surface area contributed by atoms with Crippen molar-refractivity contribution in [3.05, 3.63) is 39.8 Å². The van der Waals surface area contributed by atoms with Gasteiger partial charge in [0, 0.05) is 11.6 Å². The predicted octanol–water partition coefficient (Wildman–Crippen LogP) is 2.03. The number of aromatic amines is 1. The molecule has 0 saturated carbocycles. The van der Waals surface area contributed by atoms with E-state index in [0.29, 0.717) is 16.5 Å². The number of nitriles is 1. The van der Waals surface area contributed by atoms with Crippen molar-refractivity contribution in [2.24, 2.45) is 0 Å². The number of fused-ring (bicyclic) bond motifs is 1. The molecule has 2 aromatic rings. The summed E-state index contributed by atoms with van der Waals surface area (Å²) in [4.78, 5) is 25.4. The highest BCUT2D eigenvalue weighted by Crippen LogP contribution is 2.26. The molecule has 1 heterocycles. The van der Waals surface area contributed by atoms with Gasteiger partial charge in [-0.1, -0.05) is 11.6 Å². The largest absolute Gasteiger partial charge is 0.329 e. The van der Waals surface area contributed by atoms with Crippen LogP contribution in [-0.4, -0.2) is 10.9 Å². The lowest BCUT2D eigenvalue weighted by molar-refractivity contribution is -0.115. The average molecular weight is 262 g/mol. The molecule has 0 aliphatic rings. The van der Waals surface area contributed by atoms with Crippen molar-refractivity contribution in [2.75, 3.05) is 5.32 Å². The van der Waals surface area contributed by atoms with Gasteiger partial charge >= 0.3 is 0 Å². The number of benzene rings is 1. The second-order valence-corrected chi connectivity index (χ2v) is 4.02. The minimum atomic E-state index is -0.441. The zero-order chi connectivity index (χ0) is 13.1. The molecule has 2 rings (SSSR count). The number of amides is 1. The van der Waals surface area contributed by atoms with Gasteiger partial charge in [0.2, 0.25) is 5.91 Å². The second kappa shape index (κ2) is 4.90. The number of rotatable bonds is 2. The van der Waals surface area contributed by atoms with E-state index in [1.807, 2.05) is 0 Å². The molecule has 0 aliphatic carbocycles. The van der Waals surface area contributed by atoms with E-state index in [1.165, 1.54) is 12.3 Å². The average Bonchev–Trinajstić information content (AvgIpc) is 2.32. The molecule has 0 atom stereocenters. The Kier molecular flexibility index (Phi) is 3.31. The van der Waals surface area contributed by atoms with Crippen LogP contribution in [0.25, 0.3) is 10.8 Å². The molecule has 5 nitrogen and oxygen atoms in total. The Hall–Kier alpha value is -2.32. The smallest absolute Gasteiger partial charge is 0.255 e. The molecule has 18 heavy (non-hydrogen) atoms. The van der Waals surface area contributed by atoms with Crippen LogP contribution in [0.2, 0.25) is 5.02 Å². The molecule has 0 bridgehead atoms. The molecule has 0 unspecified atom stereocenters. The lowest BCUT2D eigenvalue weighted by atomic mass is 10.1. The van der Waals surface area contributed by atoms with Crippen molar-refractivity contribution in [1.82, 2.24) is 4.98 Å². The Morgan fingerprint density at radius 3 is 3.00 bits per heavy atom. The summed E-state index contributed by atoms with van der Waals surface area (Å²) in [6.45, 7) is 0. The van der Waals surface area contributed by atoms with Crippen molar-refractivity contribution >= 4 is 34.0 Å². The van der Waals surface area contributed by atoms with Crippen molar-refractivity contribution < 1.29 is 4.79 Å². The maximum atomic E-state index is 11.5. The van der Waals surface area contributed by atoms with Crippen LogP contribution < -0.4 is 10.9 Å². The molecule has 0 radical (unpaired) electrons. The first kappa shape index (κ1) is 12.1. The van der Waals surface area contributed by atoms with Crippen LogP contribution in [0.3, 0.4) is 0 Å². The van der Waals surface area contributed by atoms with Gasteiger partial charge < -0.3 is 10.3 Å². The minimum Gasteiger partial charge on any atom is -0.329 e. The zero-order valence-corrected chi connectivity index (χ0v) is 9.91. The third-order valence-electron chi connectivity index (χ3n) is 2.37. The number of anilines is 1. The van der Waals surface area contributed by atoms with Crippen LogP contribution in [0, 0.1) is 11.3 Å². The van der Waals surface area contributed by atoms with Gasteiger partial charge in [-0.05, 0) is 23.6 Å². The van der Waals surface area contributed by atoms with Crippen molar-refractivity contribution in [3.63, 3.8) is 0 Å². The molecule has 0 spiro atoms. The number of nitrogens with zero attached hydrogens (tertiary/aromatic N) is 1. The topological polar surface area (TPSA) is 85.8 Å². The second-order valence-electron chi connectivity index (χ2n) is 3.61. The summed E-state index contributed by atoms with van der Waals surface area (Å²) in [5.41, 5.74) is 0.138. The summed E-state index contributed by atoms with van der Waals surface area (Å²) in [5.74, 6) is -0.441. The Morgan fingerprint density at radius 1 is 1.50 bits per heavy atom. The number of carbonyl (C=O) groups excluding carboxylic acids is 1. The number of hydrogen-bond acceptors (Lipinski definition) is 3. The van der Waals surface area contributed by atoms with Crippen LogP contribution in [0.5, 0.6) is 0 Å². The highest BCUT2D eigenvalue weighted by Gasteiger charge is 2.08. The fourth-order valence-electron chi connectivity index (χ4n) is 1.57. The standard InChI is InChI=1S/C12H8ClN3O2/c13-9-6-8-7(2-4-15-12(8)18)5-10(9)16-11(17)1-3-14/h2,4-6H,1H2,(H,15,18)(H,16,17). The van der Waals surface area contributed by atoms with E-state index in [4.69, 9.17) is 16.9 Å². The number of halogens is 1. The van der Waals surface area contributed by atoms with Gasteiger partial charge in [-0.2, -0.15) is 5.26 Å². The van der Waals surface area contributed by atoms with E-state index in [9.17, 15) is 9.59 Å². The Bertz CT molecular complexity index is 715. The molecule has 1 aromatic heterocycles. The van der Waals surface area contributed by atoms with Gasteiger partial charge in [0.1, 0.15) is 6.42 Å². The van der Waals surface area contributed by atoms with Gasteiger partial charge in [-0.15, -0.1) is 0 Å². The van der Waals surface area contributed by atoms with Crippen molar-refractivity contribution in [1.29, 1.82) is 5.26 Å². The highest BCUT2D eigenvalue weighted by molar-refractivity contribution is 6.34. The Labute approximate surface area is 107 Å². The molecule has 6 heteroatoms.